The Morgan fingerprint density at radius 2 is 1.89 bits per heavy atom. The van der Waals surface area contributed by atoms with Crippen LogP contribution in [-0.4, -0.2) is 6.29 Å². The Bertz CT molecular complexity index is 614. The maximum Gasteiger partial charge on any atom is 0.134 e. The number of hydrogen-bond donors (Lipinski definition) is 0. The first-order valence-electron chi connectivity index (χ1n) is 6.33. The first-order chi connectivity index (χ1) is 9.38. The van der Waals surface area contributed by atoms with Gasteiger partial charge in [-0.2, -0.15) is 0 Å². The molecule has 0 radical (unpaired) electrons. The Morgan fingerprint density at radius 3 is 2.68 bits per heavy atom. The lowest BCUT2D eigenvalue weighted by atomic mass is 9.93. The first-order valence-corrected chi connectivity index (χ1v) is 6.33. The van der Waals surface area contributed by atoms with Crippen LogP contribution in [0.15, 0.2) is 60.9 Å². The van der Waals surface area contributed by atoms with E-state index in [1.165, 1.54) is 5.56 Å². The summed E-state index contributed by atoms with van der Waals surface area (Å²) in [5.74, 6) is 0.630. The Kier molecular flexibility index (Phi) is 3.15. The molecular formula is C17H14O2. The highest BCUT2D eigenvalue weighted by molar-refractivity contribution is 5.69. The van der Waals surface area contributed by atoms with Crippen molar-refractivity contribution < 1.29 is 9.53 Å². The molecule has 0 saturated heterocycles. The summed E-state index contributed by atoms with van der Waals surface area (Å²) < 4.78 is 5.62. The minimum atomic E-state index is -0.195. The van der Waals surface area contributed by atoms with Gasteiger partial charge in [-0.3, -0.25) is 0 Å². The molecule has 3 rings (SSSR count). The number of aldehydes is 1. The number of rotatable bonds is 3. The number of fused-ring (bicyclic) bond motifs is 1. The summed E-state index contributed by atoms with van der Waals surface area (Å²) in [5.41, 5.74) is 3.29. The molecular weight excluding hydrogens is 236 g/mol. The summed E-state index contributed by atoms with van der Waals surface area (Å²) in [4.78, 5) is 11.1. The van der Waals surface area contributed by atoms with Gasteiger partial charge in [0.05, 0.1) is 12.2 Å². The van der Waals surface area contributed by atoms with Gasteiger partial charge in [0.15, 0.2) is 0 Å². The molecule has 1 aliphatic rings. The highest BCUT2D eigenvalue weighted by Crippen LogP contribution is 2.34. The molecule has 0 fully saturated rings. The van der Waals surface area contributed by atoms with Crippen molar-refractivity contribution in [2.45, 2.75) is 12.3 Å². The maximum absolute atomic E-state index is 11.1. The molecule has 0 amide bonds. The molecule has 1 aliphatic heterocycles. The van der Waals surface area contributed by atoms with Crippen molar-refractivity contribution in [3.8, 4) is 5.75 Å². The van der Waals surface area contributed by atoms with Crippen LogP contribution in [0.3, 0.4) is 0 Å². The number of carbonyl (C=O) groups is 1. The molecule has 19 heavy (non-hydrogen) atoms. The molecule has 0 bridgehead atoms. The van der Waals surface area contributed by atoms with Crippen LogP contribution in [0.2, 0.25) is 0 Å². The number of benzene rings is 2. The second kappa shape index (κ2) is 5.11. The van der Waals surface area contributed by atoms with E-state index >= 15 is 0 Å². The van der Waals surface area contributed by atoms with Gasteiger partial charge in [-0.25, -0.2) is 0 Å². The number of allylic oxidation sites excluding steroid dienone is 1. The largest absolute Gasteiger partial charge is 0.465 e. The van der Waals surface area contributed by atoms with Gasteiger partial charge in [0, 0.05) is 12.0 Å². The Balaban J connectivity index is 1.98. The van der Waals surface area contributed by atoms with Crippen molar-refractivity contribution in [1.29, 1.82) is 0 Å². The molecule has 0 saturated carbocycles. The van der Waals surface area contributed by atoms with Gasteiger partial charge in [-0.05, 0) is 17.2 Å². The quantitative estimate of drug-likeness (QED) is 0.780. The molecule has 1 unspecified atom stereocenters. The Morgan fingerprint density at radius 1 is 1.05 bits per heavy atom. The molecule has 0 spiro atoms. The van der Waals surface area contributed by atoms with Crippen LogP contribution >= 0.6 is 0 Å². The molecule has 2 aromatic carbocycles. The highest BCUT2D eigenvalue weighted by atomic mass is 16.5. The molecule has 94 valence electrons. The van der Waals surface area contributed by atoms with Crippen molar-refractivity contribution in [2.24, 2.45) is 0 Å². The van der Waals surface area contributed by atoms with E-state index in [2.05, 4.69) is 12.1 Å². The summed E-state index contributed by atoms with van der Waals surface area (Å²) in [6, 6.07) is 16.2. The lowest BCUT2D eigenvalue weighted by Gasteiger charge is -2.19. The van der Waals surface area contributed by atoms with Crippen molar-refractivity contribution in [3.05, 3.63) is 77.6 Å². The van der Waals surface area contributed by atoms with Crippen molar-refractivity contribution in [3.63, 3.8) is 0 Å². The van der Waals surface area contributed by atoms with E-state index in [0.717, 1.165) is 29.6 Å². The third kappa shape index (κ3) is 2.29. The molecule has 1 heterocycles. The third-order valence-electron chi connectivity index (χ3n) is 3.34. The van der Waals surface area contributed by atoms with Crippen LogP contribution in [0, 0.1) is 0 Å². The summed E-state index contributed by atoms with van der Waals surface area (Å²) in [6.45, 7) is 0. The average Bonchev–Trinajstić information content (AvgIpc) is 2.48. The molecule has 2 aromatic rings. The van der Waals surface area contributed by atoms with Crippen LogP contribution < -0.4 is 4.74 Å². The fourth-order valence-electron chi connectivity index (χ4n) is 2.38. The van der Waals surface area contributed by atoms with Crippen LogP contribution in [0.25, 0.3) is 0 Å². The van der Waals surface area contributed by atoms with Crippen molar-refractivity contribution in [1.82, 2.24) is 0 Å². The summed E-state index contributed by atoms with van der Waals surface area (Å²) in [7, 11) is 0. The van der Waals surface area contributed by atoms with Crippen LogP contribution in [0.1, 0.15) is 22.6 Å². The molecule has 1 atom stereocenters. The molecule has 0 aromatic heterocycles. The second-order valence-electron chi connectivity index (χ2n) is 4.61. The van der Waals surface area contributed by atoms with E-state index in [1.54, 1.807) is 12.3 Å². The summed E-state index contributed by atoms with van der Waals surface area (Å²) >= 11 is 0. The molecule has 2 heteroatoms. The highest BCUT2D eigenvalue weighted by Gasteiger charge is 2.19. The van der Waals surface area contributed by atoms with Crippen LogP contribution in [0.4, 0.5) is 0 Å². The van der Waals surface area contributed by atoms with Gasteiger partial charge in [-0.15, -0.1) is 0 Å². The van der Waals surface area contributed by atoms with Gasteiger partial charge in [0.1, 0.15) is 12.0 Å². The minimum Gasteiger partial charge on any atom is -0.465 e. The van der Waals surface area contributed by atoms with Gasteiger partial charge in [0.2, 0.25) is 0 Å². The number of ether oxygens (including phenoxy) is 1. The standard InChI is InChI=1S/C17H14O2/c18-12-15-9-10-19-17-14(7-4-8-16(15)17)11-13-5-2-1-3-6-13/h1-10,12,15H,11H2. The van der Waals surface area contributed by atoms with Crippen LogP contribution in [0.5, 0.6) is 5.75 Å². The summed E-state index contributed by atoms with van der Waals surface area (Å²) in [5, 5.41) is 0. The lowest BCUT2D eigenvalue weighted by Crippen LogP contribution is -2.07. The SMILES string of the molecule is O=CC1C=COc2c(Cc3ccccc3)cccc21. The van der Waals surface area contributed by atoms with Crippen molar-refractivity contribution in [2.75, 3.05) is 0 Å². The molecule has 0 aliphatic carbocycles. The van der Waals surface area contributed by atoms with E-state index in [9.17, 15) is 4.79 Å². The zero-order chi connectivity index (χ0) is 13.1. The van der Waals surface area contributed by atoms with Gasteiger partial charge >= 0.3 is 0 Å². The second-order valence-corrected chi connectivity index (χ2v) is 4.61. The smallest absolute Gasteiger partial charge is 0.134 e. The zero-order valence-corrected chi connectivity index (χ0v) is 10.5. The topological polar surface area (TPSA) is 26.3 Å². The fraction of sp³-hybridized carbons (Fsp3) is 0.118. The summed E-state index contributed by atoms with van der Waals surface area (Å²) in [6.07, 6.45) is 5.14. The van der Waals surface area contributed by atoms with Gasteiger partial charge < -0.3 is 9.53 Å². The number of para-hydroxylation sites is 1. The predicted octanol–water partition coefficient (Wildman–Crippen LogP) is 3.47. The maximum atomic E-state index is 11.1. The van der Waals surface area contributed by atoms with E-state index < -0.39 is 0 Å². The van der Waals surface area contributed by atoms with Crippen LogP contribution in [-0.2, 0) is 11.2 Å². The fourth-order valence-corrected chi connectivity index (χ4v) is 2.38. The Labute approximate surface area is 112 Å². The van der Waals surface area contributed by atoms with E-state index in [1.807, 2.05) is 36.4 Å². The predicted molar refractivity (Wildman–Crippen MR) is 74.3 cm³/mol. The average molecular weight is 250 g/mol. The number of hydrogen-bond acceptors (Lipinski definition) is 2. The van der Waals surface area contributed by atoms with Gasteiger partial charge in [-0.1, -0.05) is 48.5 Å². The normalized spacial score (nSPS) is 16.5. The zero-order valence-electron chi connectivity index (χ0n) is 10.5. The van der Waals surface area contributed by atoms with E-state index in [-0.39, 0.29) is 5.92 Å². The first kappa shape index (κ1) is 11.7. The van der Waals surface area contributed by atoms with E-state index in [0.29, 0.717) is 0 Å². The Hall–Kier alpha value is -2.35. The monoisotopic (exact) mass is 250 g/mol. The van der Waals surface area contributed by atoms with Gasteiger partial charge in [0.25, 0.3) is 0 Å². The third-order valence-corrected chi connectivity index (χ3v) is 3.34. The molecule has 2 nitrogen and oxygen atoms in total. The minimum absolute atomic E-state index is 0.195. The number of carbonyl (C=O) groups excluding carboxylic acids is 1. The van der Waals surface area contributed by atoms with Crippen molar-refractivity contribution >= 4 is 6.29 Å². The molecule has 0 N–H and O–H groups in total. The lowest BCUT2D eigenvalue weighted by molar-refractivity contribution is -0.108. The van der Waals surface area contributed by atoms with E-state index in [4.69, 9.17) is 4.74 Å².